The average Bonchev–Trinajstić information content (AvgIpc) is 2.79. The van der Waals surface area contributed by atoms with Gasteiger partial charge in [0, 0.05) is 18.3 Å². The first kappa shape index (κ1) is 10.4. The van der Waals surface area contributed by atoms with E-state index in [0.717, 1.165) is 24.3 Å². The van der Waals surface area contributed by atoms with E-state index in [1.54, 1.807) is 4.90 Å². The third-order valence-corrected chi connectivity index (χ3v) is 3.15. The molecule has 0 aliphatic carbocycles. The van der Waals surface area contributed by atoms with Crippen molar-refractivity contribution in [3.63, 3.8) is 0 Å². The Balaban J connectivity index is 1.91. The highest BCUT2D eigenvalue weighted by Crippen LogP contribution is 2.36. The summed E-state index contributed by atoms with van der Waals surface area (Å²) in [5, 5.41) is 0. The summed E-state index contributed by atoms with van der Waals surface area (Å²) in [4.78, 5) is 13.7. The molecule has 17 heavy (non-hydrogen) atoms. The summed E-state index contributed by atoms with van der Waals surface area (Å²) in [6.07, 6.45) is 1.70. The molecule has 1 aromatic rings. The number of ether oxygens (including phenoxy) is 2. The summed E-state index contributed by atoms with van der Waals surface area (Å²) in [6, 6.07) is 5.14. The van der Waals surface area contributed by atoms with Crippen LogP contribution in [-0.4, -0.2) is 25.3 Å². The molecule has 2 heterocycles. The summed E-state index contributed by atoms with van der Waals surface area (Å²) < 4.78 is 10.5. The lowest BCUT2D eigenvalue weighted by atomic mass is 10.0. The molecule has 5 heteroatoms. The Morgan fingerprint density at radius 3 is 3.00 bits per heavy atom. The summed E-state index contributed by atoms with van der Waals surface area (Å²) >= 11 is 0. The van der Waals surface area contributed by atoms with Crippen LogP contribution in [0.5, 0.6) is 11.5 Å². The SMILES string of the molecule is NC1CCCN(c2ccc3c(c2)OCO3)C1=O. The van der Waals surface area contributed by atoms with Crippen LogP contribution in [0.3, 0.4) is 0 Å². The number of nitrogens with two attached hydrogens (primary N) is 1. The molecule has 1 atom stereocenters. The standard InChI is InChI=1S/C12H14N2O3/c13-9-2-1-5-14(12(9)15)8-3-4-10-11(6-8)17-7-16-10/h3-4,6,9H,1-2,5,7,13H2. The maximum Gasteiger partial charge on any atom is 0.243 e. The van der Waals surface area contributed by atoms with Crippen LogP contribution < -0.4 is 20.1 Å². The molecule has 0 aromatic heterocycles. The second-order valence-corrected chi connectivity index (χ2v) is 4.28. The minimum Gasteiger partial charge on any atom is -0.454 e. The van der Waals surface area contributed by atoms with E-state index < -0.39 is 0 Å². The Bertz CT molecular complexity index is 461. The van der Waals surface area contributed by atoms with Crippen molar-refractivity contribution in [2.45, 2.75) is 18.9 Å². The second-order valence-electron chi connectivity index (χ2n) is 4.28. The fourth-order valence-corrected chi connectivity index (χ4v) is 2.21. The molecule has 1 saturated heterocycles. The smallest absolute Gasteiger partial charge is 0.243 e. The molecule has 2 aliphatic heterocycles. The van der Waals surface area contributed by atoms with Gasteiger partial charge in [0.05, 0.1) is 6.04 Å². The molecule has 2 N–H and O–H groups in total. The van der Waals surface area contributed by atoms with Crippen molar-refractivity contribution in [3.05, 3.63) is 18.2 Å². The van der Waals surface area contributed by atoms with Crippen molar-refractivity contribution in [3.8, 4) is 11.5 Å². The van der Waals surface area contributed by atoms with Gasteiger partial charge in [-0.05, 0) is 25.0 Å². The first-order valence-electron chi connectivity index (χ1n) is 5.72. The number of anilines is 1. The van der Waals surface area contributed by atoms with Crippen molar-refractivity contribution in [1.29, 1.82) is 0 Å². The number of fused-ring (bicyclic) bond motifs is 1. The van der Waals surface area contributed by atoms with Crippen molar-refractivity contribution >= 4 is 11.6 Å². The Morgan fingerprint density at radius 1 is 1.29 bits per heavy atom. The molecule has 3 rings (SSSR count). The summed E-state index contributed by atoms with van der Waals surface area (Å²) in [6.45, 7) is 0.957. The van der Waals surface area contributed by atoms with Gasteiger partial charge in [0.15, 0.2) is 11.5 Å². The molecule has 0 saturated carbocycles. The van der Waals surface area contributed by atoms with E-state index in [2.05, 4.69) is 0 Å². The number of piperidine rings is 1. The van der Waals surface area contributed by atoms with E-state index in [1.165, 1.54) is 0 Å². The van der Waals surface area contributed by atoms with Crippen LogP contribution in [0.4, 0.5) is 5.69 Å². The maximum absolute atomic E-state index is 12.0. The fourth-order valence-electron chi connectivity index (χ4n) is 2.21. The first-order chi connectivity index (χ1) is 8.25. The first-order valence-corrected chi connectivity index (χ1v) is 5.72. The van der Waals surface area contributed by atoms with Gasteiger partial charge in [0.2, 0.25) is 12.7 Å². The zero-order chi connectivity index (χ0) is 11.8. The van der Waals surface area contributed by atoms with Gasteiger partial charge in [-0.1, -0.05) is 0 Å². The van der Waals surface area contributed by atoms with Crippen LogP contribution >= 0.6 is 0 Å². The lowest BCUT2D eigenvalue weighted by molar-refractivity contribution is -0.120. The lowest BCUT2D eigenvalue weighted by Crippen LogP contribution is -2.48. The minimum absolute atomic E-state index is 0.0184. The quantitative estimate of drug-likeness (QED) is 0.783. The third-order valence-electron chi connectivity index (χ3n) is 3.15. The maximum atomic E-state index is 12.0. The number of carbonyl (C=O) groups excluding carboxylic acids is 1. The van der Waals surface area contributed by atoms with Gasteiger partial charge < -0.3 is 20.1 Å². The van der Waals surface area contributed by atoms with Gasteiger partial charge in [0.25, 0.3) is 0 Å². The van der Waals surface area contributed by atoms with Gasteiger partial charge in [-0.2, -0.15) is 0 Å². The summed E-state index contributed by atoms with van der Waals surface area (Å²) in [5.74, 6) is 1.40. The molecular formula is C12H14N2O3. The van der Waals surface area contributed by atoms with Gasteiger partial charge in [-0.15, -0.1) is 0 Å². The van der Waals surface area contributed by atoms with Gasteiger partial charge in [-0.3, -0.25) is 4.79 Å². The minimum atomic E-state index is -0.380. The Morgan fingerprint density at radius 2 is 2.12 bits per heavy atom. The van der Waals surface area contributed by atoms with Gasteiger partial charge in [-0.25, -0.2) is 0 Å². The Labute approximate surface area is 99.1 Å². The van der Waals surface area contributed by atoms with E-state index in [-0.39, 0.29) is 18.7 Å². The molecule has 0 spiro atoms. The fraction of sp³-hybridized carbons (Fsp3) is 0.417. The number of hydrogen-bond acceptors (Lipinski definition) is 4. The van der Waals surface area contributed by atoms with Gasteiger partial charge >= 0.3 is 0 Å². The molecule has 0 radical (unpaired) electrons. The third kappa shape index (κ3) is 1.72. The van der Waals surface area contributed by atoms with Crippen molar-refractivity contribution in [2.75, 3.05) is 18.2 Å². The largest absolute Gasteiger partial charge is 0.454 e. The molecule has 1 fully saturated rings. The number of carbonyl (C=O) groups is 1. The van der Waals surface area contributed by atoms with E-state index in [0.29, 0.717) is 12.3 Å². The summed E-state index contributed by atoms with van der Waals surface area (Å²) in [7, 11) is 0. The van der Waals surface area contributed by atoms with Crippen LogP contribution in [0.2, 0.25) is 0 Å². The zero-order valence-electron chi connectivity index (χ0n) is 9.39. The van der Waals surface area contributed by atoms with E-state index in [1.807, 2.05) is 18.2 Å². The highest BCUT2D eigenvalue weighted by atomic mass is 16.7. The van der Waals surface area contributed by atoms with Crippen molar-refractivity contribution in [2.24, 2.45) is 5.73 Å². The zero-order valence-corrected chi connectivity index (χ0v) is 9.39. The molecule has 90 valence electrons. The number of benzene rings is 1. The highest BCUT2D eigenvalue weighted by molar-refractivity contribution is 5.98. The monoisotopic (exact) mass is 234 g/mol. The van der Waals surface area contributed by atoms with Crippen LogP contribution in [0.15, 0.2) is 18.2 Å². The number of nitrogens with zero attached hydrogens (tertiary/aromatic N) is 1. The Hall–Kier alpha value is -1.75. The van der Waals surface area contributed by atoms with Gasteiger partial charge in [0.1, 0.15) is 0 Å². The van der Waals surface area contributed by atoms with Crippen LogP contribution in [-0.2, 0) is 4.79 Å². The predicted molar refractivity (Wildman–Crippen MR) is 62.1 cm³/mol. The van der Waals surface area contributed by atoms with E-state index >= 15 is 0 Å². The van der Waals surface area contributed by atoms with E-state index in [9.17, 15) is 4.79 Å². The number of hydrogen-bond donors (Lipinski definition) is 1. The Kier molecular flexibility index (Phi) is 2.40. The molecule has 1 aromatic carbocycles. The molecule has 1 amide bonds. The molecule has 2 aliphatic rings. The van der Waals surface area contributed by atoms with Crippen LogP contribution in [0.1, 0.15) is 12.8 Å². The van der Waals surface area contributed by atoms with E-state index in [4.69, 9.17) is 15.2 Å². The molecule has 0 bridgehead atoms. The lowest BCUT2D eigenvalue weighted by Gasteiger charge is -2.30. The van der Waals surface area contributed by atoms with Crippen molar-refractivity contribution < 1.29 is 14.3 Å². The number of rotatable bonds is 1. The van der Waals surface area contributed by atoms with Crippen LogP contribution in [0, 0.1) is 0 Å². The molecular weight excluding hydrogens is 220 g/mol. The molecule has 5 nitrogen and oxygen atoms in total. The topological polar surface area (TPSA) is 64.8 Å². The highest BCUT2D eigenvalue weighted by Gasteiger charge is 2.27. The van der Waals surface area contributed by atoms with Crippen LogP contribution in [0.25, 0.3) is 0 Å². The normalized spacial score (nSPS) is 23.0. The molecule has 1 unspecified atom stereocenters. The predicted octanol–water partition coefficient (Wildman–Crippen LogP) is 0.869. The second kappa shape index (κ2) is 3.92. The summed E-state index contributed by atoms with van der Waals surface area (Å²) in [5.41, 5.74) is 6.60. The number of amides is 1. The average molecular weight is 234 g/mol. The van der Waals surface area contributed by atoms with Crippen molar-refractivity contribution in [1.82, 2.24) is 0 Å².